The van der Waals surface area contributed by atoms with Gasteiger partial charge in [-0.15, -0.1) is 5.10 Å². The maximum Gasteiger partial charge on any atom is 0.338 e. The molecule has 1 unspecified atom stereocenters. The fourth-order valence-corrected chi connectivity index (χ4v) is 5.11. The zero-order valence-corrected chi connectivity index (χ0v) is 23.6. The van der Waals surface area contributed by atoms with E-state index >= 15 is 0 Å². The lowest BCUT2D eigenvalue weighted by molar-refractivity contribution is -0.138. The van der Waals surface area contributed by atoms with Crippen molar-refractivity contribution in [2.45, 2.75) is 38.6 Å². The molecular weight excluding hydrogens is 556 g/mol. The van der Waals surface area contributed by atoms with Crippen LogP contribution in [0.25, 0.3) is 0 Å². The van der Waals surface area contributed by atoms with E-state index in [1.165, 1.54) is 23.4 Å². The van der Waals surface area contributed by atoms with Crippen LogP contribution in [-0.4, -0.2) is 40.2 Å². The molecule has 0 spiro atoms. The third kappa shape index (κ3) is 5.86. The molecule has 0 radical (unpaired) electrons. The number of nitrogens with zero attached hydrogens (tertiary/aromatic N) is 3. The van der Waals surface area contributed by atoms with Gasteiger partial charge in [0.25, 0.3) is 0 Å². The molecule has 3 aromatic rings. The molecule has 4 rings (SSSR count). The number of allylic oxidation sites excluding steroid dienone is 1. The van der Waals surface area contributed by atoms with E-state index in [4.69, 9.17) is 19.3 Å². The van der Waals surface area contributed by atoms with E-state index in [1.54, 1.807) is 11.8 Å². The summed E-state index contributed by atoms with van der Waals surface area (Å²) in [5.74, 6) is 2.00. The monoisotopic (exact) mass is 584 g/mol. The standard InChI is InChI=1S/C27H29BrN4O4S/c1-6-12-35-25(33)22-17(4)29-26-30-27(37-7-2)31-32(26)23(22)19-13-20(28)24(21(14-19)34-5)36-15-18-10-8-16(3)9-11-18/h6,8-11,13-14,23H,1,7,12,15H2,2-5H3,(H,29,30,31). The summed E-state index contributed by atoms with van der Waals surface area (Å²) < 4.78 is 19.7. The van der Waals surface area contributed by atoms with E-state index < -0.39 is 12.0 Å². The second kappa shape index (κ2) is 11.9. The Morgan fingerprint density at radius 1 is 1.27 bits per heavy atom. The summed E-state index contributed by atoms with van der Waals surface area (Å²) in [6, 6.07) is 11.3. The maximum absolute atomic E-state index is 13.2. The minimum Gasteiger partial charge on any atom is -0.493 e. The number of carbonyl (C=O) groups is 1. The third-order valence-corrected chi connectivity index (χ3v) is 7.04. The van der Waals surface area contributed by atoms with E-state index in [1.807, 2.05) is 57.2 Å². The van der Waals surface area contributed by atoms with E-state index in [2.05, 4.69) is 32.8 Å². The molecule has 10 heteroatoms. The van der Waals surface area contributed by atoms with Crippen LogP contribution in [0.3, 0.4) is 0 Å². The minimum atomic E-state index is -0.594. The number of hydrogen-bond acceptors (Lipinski definition) is 8. The largest absolute Gasteiger partial charge is 0.493 e. The van der Waals surface area contributed by atoms with Crippen molar-refractivity contribution in [3.63, 3.8) is 0 Å². The van der Waals surface area contributed by atoms with Crippen LogP contribution in [0.5, 0.6) is 11.5 Å². The highest BCUT2D eigenvalue weighted by Gasteiger charge is 2.36. The Morgan fingerprint density at radius 2 is 2.03 bits per heavy atom. The van der Waals surface area contributed by atoms with E-state index in [0.717, 1.165) is 16.9 Å². The predicted molar refractivity (Wildman–Crippen MR) is 148 cm³/mol. The van der Waals surface area contributed by atoms with Gasteiger partial charge < -0.3 is 19.5 Å². The first-order chi connectivity index (χ1) is 17.9. The fourth-order valence-electron chi connectivity index (χ4n) is 3.98. The van der Waals surface area contributed by atoms with Gasteiger partial charge in [0.05, 0.1) is 17.2 Å². The first-order valence-corrected chi connectivity index (χ1v) is 13.5. The van der Waals surface area contributed by atoms with Crippen molar-refractivity contribution < 1.29 is 19.0 Å². The number of esters is 1. The average molecular weight is 586 g/mol. The second-order valence-electron chi connectivity index (χ2n) is 8.36. The molecule has 0 fully saturated rings. The van der Waals surface area contributed by atoms with Gasteiger partial charge in [-0.2, -0.15) is 4.98 Å². The predicted octanol–water partition coefficient (Wildman–Crippen LogP) is 6.07. The number of carbonyl (C=O) groups excluding carboxylic acids is 1. The van der Waals surface area contributed by atoms with Crippen LogP contribution in [0.15, 0.2) is 70.0 Å². The summed E-state index contributed by atoms with van der Waals surface area (Å²) in [4.78, 5) is 17.8. The molecular formula is C27H29BrN4O4S. The molecule has 8 nitrogen and oxygen atoms in total. The van der Waals surface area contributed by atoms with Crippen molar-refractivity contribution in [1.82, 2.24) is 14.8 Å². The summed E-state index contributed by atoms with van der Waals surface area (Å²) in [6.45, 7) is 10.0. The quantitative estimate of drug-likeness (QED) is 0.174. The van der Waals surface area contributed by atoms with Crippen molar-refractivity contribution in [2.24, 2.45) is 0 Å². The highest BCUT2D eigenvalue weighted by Crippen LogP contribution is 2.43. The van der Waals surface area contributed by atoms with Gasteiger partial charge in [0.15, 0.2) is 11.5 Å². The molecule has 2 heterocycles. The highest BCUT2D eigenvalue weighted by molar-refractivity contribution is 9.10. The Morgan fingerprint density at radius 3 is 2.70 bits per heavy atom. The lowest BCUT2D eigenvalue weighted by atomic mass is 9.95. The molecule has 0 bridgehead atoms. The Bertz CT molecular complexity index is 1340. The molecule has 1 aliphatic rings. The van der Waals surface area contributed by atoms with Crippen LogP contribution in [0, 0.1) is 6.92 Å². The van der Waals surface area contributed by atoms with Crippen molar-refractivity contribution in [2.75, 3.05) is 24.8 Å². The van der Waals surface area contributed by atoms with E-state index in [9.17, 15) is 4.79 Å². The molecule has 0 amide bonds. The molecule has 37 heavy (non-hydrogen) atoms. The Labute approximate surface area is 229 Å². The number of fused-ring (bicyclic) bond motifs is 1. The fraction of sp³-hybridized carbons (Fsp3) is 0.296. The van der Waals surface area contributed by atoms with Crippen molar-refractivity contribution in [3.05, 3.63) is 81.5 Å². The number of nitrogens with one attached hydrogen (secondary N) is 1. The zero-order chi connectivity index (χ0) is 26.5. The average Bonchev–Trinajstić information content (AvgIpc) is 3.28. The number of ether oxygens (including phenoxy) is 3. The number of hydrogen-bond donors (Lipinski definition) is 1. The van der Waals surface area contributed by atoms with E-state index in [-0.39, 0.29) is 6.61 Å². The van der Waals surface area contributed by atoms with Gasteiger partial charge in [-0.25, -0.2) is 9.48 Å². The molecule has 0 saturated heterocycles. The van der Waals surface area contributed by atoms with Gasteiger partial charge in [0.2, 0.25) is 11.1 Å². The Kier molecular flexibility index (Phi) is 8.60. The molecule has 1 N–H and O–H groups in total. The Balaban J connectivity index is 1.75. The summed E-state index contributed by atoms with van der Waals surface area (Å²) in [6.07, 6.45) is 1.54. The zero-order valence-electron chi connectivity index (χ0n) is 21.2. The van der Waals surface area contributed by atoms with Gasteiger partial charge in [-0.3, -0.25) is 0 Å². The third-order valence-electron chi connectivity index (χ3n) is 5.73. The normalized spacial score (nSPS) is 14.6. The van der Waals surface area contributed by atoms with Crippen molar-refractivity contribution in [1.29, 1.82) is 0 Å². The lowest BCUT2D eigenvalue weighted by Gasteiger charge is -2.28. The second-order valence-corrected chi connectivity index (χ2v) is 10.4. The molecule has 1 atom stereocenters. The number of aryl methyl sites for hydroxylation is 1. The number of thioether (sulfide) groups is 1. The molecule has 0 aliphatic carbocycles. The smallest absolute Gasteiger partial charge is 0.338 e. The SMILES string of the molecule is C=CCOC(=O)C1=C(C)Nc2nc(SCC)nn2C1c1cc(Br)c(OCc2ccc(C)cc2)c(OC)c1. The number of anilines is 1. The van der Waals surface area contributed by atoms with Gasteiger partial charge in [-0.1, -0.05) is 61.2 Å². The molecule has 1 aliphatic heterocycles. The van der Waals surface area contributed by atoms with Crippen LogP contribution < -0.4 is 14.8 Å². The summed E-state index contributed by atoms with van der Waals surface area (Å²) in [5, 5.41) is 8.52. The number of methoxy groups -OCH3 is 1. The van der Waals surface area contributed by atoms with Gasteiger partial charge in [0.1, 0.15) is 19.3 Å². The summed E-state index contributed by atoms with van der Waals surface area (Å²) in [7, 11) is 1.59. The van der Waals surface area contributed by atoms with Crippen LogP contribution in [-0.2, 0) is 16.1 Å². The molecule has 194 valence electrons. The lowest BCUT2D eigenvalue weighted by Crippen LogP contribution is -2.29. The minimum absolute atomic E-state index is 0.0995. The molecule has 2 aromatic carbocycles. The molecule has 1 aromatic heterocycles. The first-order valence-electron chi connectivity index (χ1n) is 11.8. The number of halogens is 1. The number of rotatable bonds is 10. The van der Waals surface area contributed by atoms with Crippen LogP contribution in [0.4, 0.5) is 5.95 Å². The van der Waals surface area contributed by atoms with Gasteiger partial charge >= 0.3 is 5.97 Å². The van der Waals surface area contributed by atoms with Crippen LogP contribution in [0.2, 0.25) is 0 Å². The number of benzene rings is 2. The van der Waals surface area contributed by atoms with Crippen molar-refractivity contribution >= 4 is 39.6 Å². The maximum atomic E-state index is 13.2. The summed E-state index contributed by atoms with van der Waals surface area (Å²) >= 11 is 5.18. The summed E-state index contributed by atoms with van der Waals surface area (Å²) in [5.41, 5.74) is 4.06. The highest BCUT2D eigenvalue weighted by atomic mass is 79.9. The van der Waals surface area contributed by atoms with E-state index in [0.29, 0.717) is 45.0 Å². The first kappa shape index (κ1) is 26.8. The Hall–Kier alpha value is -3.24. The van der Waals surface area contributed by atoms with Gasteiger partial charge in [-0.05, 0) is 58.8 Å². The van der Waals surface area contributed by atoms with Crippen LogP contribution >= 0.6 is 27.7 Å². The molecule has 0 saturated carbocycles. The van der Waals surface area contributed by atoms with Gasteiger partial charge in [0, 0.05) is 5.70 Å². The number of aromatic nitrogens is 3. The topological polar surface area (TPSA) is 87.5 Å². The van der Waals surface area contributed by atoms with Crippen molar-refractivity contribution in [3.8, 4) is 11.5 Å². The van der Waals surface area contributed by atoms with Crippen LogP contribution in [0.1, 0.15) is 36.6 Å².